The van der Waals surface area contributed by atoms with Gasteiger partial charge in [-0.25, -0.2) is 4.98 Å². The number of alkyl halides is 3. The van der Waals surface area contributed by atoms with E-state index in [9.17, 15) is 13.2 Å². The number of pyridine rings is 1. The van der Waals surface area contributed by atoms with E-state index in [0.717, 1.165) is 12.6 Å². The summed E-state index contributed by atoms with van der Waals surface area (Å²) >= 11 is 0. The third-order valence-corrected chi connectivity index (χ3v) is 2.20. The molecular formula is C11H14F3NO2. The van der Waals surface area contributed by atoms with Gasteiger partial charge in [-0.2, -0.15) is 13.2 Å². The maximum atomic E-state index is 12.3. The van der Waals surface area contributed by atoms with Crippen molar-refractivity contribution in [1.82, 2.24) is 4.98 Å². The number of aromatic nitrogens is 1. The molecule has 0 bridgehead atoms. The average Bonchev–Trinajstić information content (AvgIpc) is 2.28. The lowest BCUT2D eigenvalue weighted by Crippen LogP contribution is -2.31. The zero-order chi connectivity index (χ0) is 13.1. The van der Waals surface area contributed by atoms with E-state index < -0.39 is 12.3 Å². The van der Waals surface area contributed by atoms with Crippen LogP contribution in [0.1, 0.15) is 19.5 Å². The van der Waals surface area contributed by atoms with Crippen molar-refractivity contribution in [2.75, 3.05) is 7.11 Å². The predicted octanol–water partition coefficient (Wildman–Crippen LogP) is 2.98. The highest BCUT2D eigenvalue weighted by Crippen LogP contribution is 2.30. The van der Waals surface area contributed by atoms with Crippen LogP contribution in [0, 0.1) is 0 Å². The van der Waals surface area contributed by atoms with Gasteiger partial charge in [0.05, 0.1) is 7.11 Å². The summed E-state index contributed by atoms with van der Waals surface area (Å²) in [4.78, 5) is 4.03. The van der Waals surface area contributed by atoms with Crippen LogP contribution in [-0.4, -0.2) is 24.4 Å². The number of ether oxygens (including phenoxy) is 2. The van der Waals surface area contributed by atoms with Crippen LogP contribution in [0.3, 0.4) is 0 Å². The first-order valence-corrected chi connectivity index (χ1v) is 5.15. The number of hydrogen-bond acceptors (Lipinski definition) is 3. The number of hydrogen-bond donors (Lipinski definition) is 0. The molecule has 0 fully saturated rings. The average molecular weight is 249 g/mol. The molecule has 0 saturated carbocycles. The monoisotopic (exact) mass is 249 g/mol. The molecular weight excluding hydrogens is 235 g/mol. The number of nitrogens with zero attached hydrogens (tertiary/aromatic N) is 1. The topological polar surface area (TPSA) is 31.4 Å². The Morgan fingerprint density at radius 3 is 2.47 bits per heavy atom. The molecule has 1 atom stereocenters. The maximum Gasteiger partial charge on any atom is 0.425 e. The van der Waals surface area contributed by atoms with Gasteiger partial charge < -0.3 is 9.47 Å². The van der Waals surface area contributed by atoms with Gasteiger partial charge in [0, 0.05) is 5.69 Å². The van der Waals surface area contributed by atoms with Crippen LogP contribution in [-0.2, 0) is 6.42 Å². The molecule has 0 spiro atoms. The first-order chi connectivity index (χ1) is 7.88. The van der Waals surface area contributed by atoms with Crippen LogP contribution in [0.2, 0.25) is 0 Å². The van der Waals surface area contributed by atoms with Crippen molar-refractivity contribution < 1.29 is 22.6 Å². The van der Waals surface area contributed by atoms with Crippen molar-refractivity contribution in [2.24, 2.45) is 0 Å². The first kappa shape index (κ1) is 13.6. The Hall–Kier alpha value is -1.46. The van der Waals surface area contributed by atoms with Gasteiger partial charge in [-0.05, 0) is 25.5 Å². The zero-order valence-electron chi connectivity index (χ0n) is 9.84. The van der Waals surface area contributed by atoms with Gasteiger partial charge in [0.15, 0.2) is 11.9 Å². The summed E-state index contributed by atoms with van der Waals surface area (Å²) in [6.45, 7) is 2.83. The summed E-state index contributed by atoms with van der Waals surface area (Å²) < 4.78 is 46.7. The van der Waals surface area contributed by atoms with Crippen molar-refractivity contribution in [3.05, 3.63) is 17.8 Å². The molecule has 0 aliphatic heterocycles. The van der Waals surface area contributed by atoms with E-state index in [-0.39, 0.29) is 11.6 Å². The smallest absolute Gasteiger partial charge is 0.425 e. The Kier molecular flexibility index (Phi) is 4.20. The van der Waals surface area contributed by atoms with Gasteiger partial charge in [-0.3, -0.25) is 0 Å². The molecule has 0 saturated heterocycles. The van der Waals surface area contributed by atoms with Gasteiger partial charge in [-0.1, -0.05) is 6.92 Å². The van der Waals surface area contributed by atoms with E-state index in [4.69, 9.17) is 9.47 Å². The maximum absolute atomic E-state index is 12.3. The van der Waals surface area contributed by atoms with Crippen LogP contribution in [0.4, 0.5) is 13.2 Å². The molecule has 6 heteroatoms. The molecule has 0 radical (unpaired) electrons. The van der Waals surface area contributed by atoms with E-state index in [0.29, 0.717) is 6.42 Å². The van der Waals surface area contributed by atoms with Gasteiger partial charge in [0.1, 0.15) is 0 Å². The van der Waals surface area contributed by atoms with Crippen molar-refractivity contribution in [3.8, 4) is 11.6 Å². The SMILES string of the molecule is CCc1ccc(OC(C)C(F)(F)F)c(OC)n1. The Balaban J connectivity index is 2.91. The molecule has 0 amide bonds. The minimum atomic E-state index is -4.41. The molecule has 0 aliphatic carbocycles. The molecule has 1 heterocycles. The number of halogens is 3. The summed E-state index contributed by atoms with van der Waals surface area (Å²) in [6, 6.07) is 3.05. The van der Waals surface area contributed by atoms with Gasteiger partial charge in [0.25, 0.3) is 5.88 Å². The fraction of sp³-hybridized carbons (Fsp3) is 0.545. The molecule has 0 aromatic carbocycles. The molecule has 0 N–H and O–H groups in total. The molecule has 3 nitrogen and oxygen atoms in total. The Morgan fingerprint density at radius 1 is 1.35 bits per heavy atom. The van der Waals surface area contributed by atoms with Crippen molar-refractivity contribution in [2.45, 2.75) is 32.5 Å². The first-order valence-electron chi connectivity index (χ1n) is 5.15. The second kappa shape index (κ2) is 5.25. The fourth-order valence-electron chi connectivity index (χ4n) is 1.16. The number of aryl methyl sites for hydroxylation is 1. The minimum Gasteiger partial charge on any atom is -0.478 e. The van der Waals surface area contributed by atoms with Crippen LogP contribution in [0.15, 0.2) is 12.1 Å². The summed E-state index contributed by atoms with van der Waals surface area (Å²) in [5.74, 6) is 0.0648. The van der Waals surface area contributed by atoms with Crippen molar-refractivity contribution in [1.29, 1.82) is 0 Å². The molecule has 1 rings (SSSR count). The molecule has 1 aromatic heterocycles. The molecule has 0 aliphatic rings. The van der Waals surface area contributed by atoms with Gasteiger partial charge in [-0.15, -0.1) is 0 Å². The largest absolute Gasteiger partial charge is 0.478 e. The summed E-state index contributed by atoms with van der Waals surface area (Å²) in [5, 5.41) is 0. The molecule has 1 aromatic rings. The lowest BCUT2D eigenvalue weighted by atomic mass is 10.3. The van der Waals surface area contributed by atoms with E-state index in [2.05, 4.69) is 4.98 Å². The quantitative estimate of drug-likeness (QED) is 0.822. The highest BCUT2D eigenvalue weighted by molar-refractivity contribution is 5.35. The van der Waals surface area contributed by atoms with E-state index in [1.807, 2.05) is 6.92 Å². The predicted molar refractivity (Wildman–Crippen MR) is 56.3 cm³/mol. The second-order valence-electron chi connectivity index (χ2n) is 3.47. The summed E-state index contributed by atoms with van der Waals surface area (Å²) in [6.07, 6.45) is -5.63. The fourth-order valence-corrected chi connectivity index (χ4v) is 1.16. The molecule has 1 unspecified atom stereocenters. The lowest BCUT2D eigenvalue weighted by Gasteiger charge is -2.18. The van der Waals surface area contributed by atoms with Gasteiger partial charge >= 0.3 is 6.18 Å². The van der Waals surface area contributed by atoms with Crippen LogP contribution >= 0.6 is 0 Å². The normalized spacial score (nSPS) is 13.3. The number of rotatable bonds is 4. The molecule has 96 valence electrons. The zero-order valence-corrected chi connectivity index (χ0v) is 9.84. The van der Waals surface area contributed by atoms with E-state index in [1.165, 1.54) is 13.2 Å². The van der Waals surface area contributed by atoms with Crippen molar-refractivity contribution in [3.63, 3.8) is 0 Å². The van der Waals surface area contributed by atoms with Crippen molar-refractivity contribution >= 4 is 0 Å². The Bertz CT molecular complexity index is 379. The Morgan fingerprint density at radius 2 is 2.00 bits per heavy atom. The highest BCUT2D eigenvalue weighted by Gasteiger charge is 2.38. The second-order valence-corrected chi connectivity index (χ2v) is 3.47. The van der Waals surface area contributed by atoms with Crippen LogP contribution in [0.25, 0.3) is 0 Å². The van der Waals surface area contributed by atoms with E-state index >= 15 is 0 Å². The van der Waals surface area contributed by atoms with Crippen LogP contribution in [0.5, 0.6) is 11.6 Å². The molecule has 17 heavy (non-hydrogen) atoms. The Labute approximate surface area is 97.6 Å². The minimum absolute atomic E-state index is 0.00507. The van der Waals surface area contributed by atoms with E-state index in [1.54, 1.807) is 6.07 Å². The summed E-state index contributed by atoms with van der Waals surface area (Å²) in [5.41, 5.74) is 0.730. The standard InChI is InChI=1S/C11H14F3NO2/c1-4-8-5-6-9(10(15-8)16-3)17-7(2)11(12,13)14/h5-7H,4H2,1-3H3. The van der Waals surface area contributed by atoms with Crippen LogP contribution < -0.4 is 9.47 Å². The summed E-state index contributed by atoms with van der Waals surface area (Å²) in [7, 11) is 1.34. The van der Waals surface area contributed by atoms with Gasteiger partial charge in [0.2, 0.25) is 0 Å². The third kappa shape index (κ3) is 3.51. The third-order valence-electron chi connectivity index (χ3n) is 2.20. The number of methoxy groups -OCH3 is 1. The lowest BCUT2D eigenvalue weighted by molar-refractivity contribution is -0.189. The highest BCUT2D eigenvalue weighted by atomic mass is 19.4.